The minimum atomic E-state index is -4.10. The summed E-state index contributed by atoms with van der Waals surface area (Å²) >= 11 is 0. The van der Waals surface area contributed by atoms with E-state index < -0.39 is 38.6 Å². The Hall–Kier alpha value is -2.07. The Kier molecular flexibility index (Phi) is 7.88. The van der Waals surface area contributed by atoms with E-state index in [1.807, 2.05) is 0 Å². The summed E-state index contributed by atoms with van der Waals surface area (Å²) in [6.45, 7) is 1.14. The third kappa shape index (κ3) is 6.52. The average molecular weight is 418 g/mol. The molecule has 156 valence electrons. The number of carbonyl (C=O) groups is 2. The molecule has 7 nitrogen and oxygen atoms in total. The van der Waals surface area contributed by atoms with Crippen molar-refractivity contribution in [3.63, 3.8) is 0 Å². The van der Waals surface area contributed by atoms with Gasteiger partial charge in [-0.3, -0.25) is 9.59 Å². The normalized spacial score (nSPS) is 16.4. The highest BCUT2D eigenvalue weighted by atomic mass is 32.2. The lowest BCUT2D eigenvalue weighted by Gasteiger charge is -2.24. The number of halogens is 2. The Labute approximate surface area is 162 Å². The van der Waals surface area contributed by atoms with Crippen LogP contribution in [0.3, 0.4) is 0 Å². The summed E-state index contributed by atoms with van der Waals surface area (Å²) in [5, 5.41) is 2.84. The molecule has 1 atom stereocenters. The number of hydrogen-bond donors (Lipinski definition) is 2. The van der Waals surface area contributed by atoms with Gasteiger partial charge in [-0.05, 0) is 38.0 Å². The van der Waals surface area contributed by atoms with Crippen molar-refractivity contribution >= 4 is 21.9 Å². The maximum absolute atomic E-state index is 13.2. The molecule has 10 heteroatoms. The van der Waals surface area contributed by atoms with Crippen LogP contribution in [0.2, 0.25) is 0 Å². The molecule has 1 saturated carbocycles. The zero-order chi connectivity index (χ0) is 20.7. The molecule has 1 fully saturated rings. The monoisotopic (exact) mass is 418 g/mol. The van der Waals surface area contributed by atoms with Crippen molar-refractivity contribution in [2.45, 2.75) is 62.5 Å². The molecule has 0 unspecified atom stereocenters. The quantitative estimate of drug-likeness (QED) is 0.629. The van der Waals surface area contributed by atoms with Crippen LogP contribution in [0, 0.1) is 11.6 Å². The molecule has 2 N–H and O–H groups in total. The smallest absolute Gasteiger partial charge is 0.307 e. The third-order valence-electron chi connectivity index (χ3n) is 4.45. The predicted molar refractivity (Wildman–Crippen MR) is 96.7 cm³/mol. The molecule has 1 amide bonds. The number of amides is 1. The van der Waals surface area contributed by atoms with Crippen molar-refractivity contribution in [3.05, 3.63) is 29.8 Å². The van der Waals surface area contributed by atoms with E-state index in [2.05, 4.69) is 10.0 Å². The van der Waals surface area contributed by atoms with Crippen molar-refractivity contribution < 1.29 is 31.5 Å². The maximum Gasteiger partial charge on any atom is 0.307 e. The van der Waals surface area contributed by atoms with E-state index in [9.17, 15) is 26.8 Å². The molecule has 0 saturated heterocycles. The molecule has 1 aromatic carbocycles. The Balaban J connectivity index is 1.76. The van der Waals surface area contributed by atoms with Gasteiger partial charge in [0.05, 0.1) is 11.3 Å². The highest BCUT2D eigenvalue weighted by Gasteiger charge is 2.23. The SMILES string of the molecule is C[C@H](OC(=O)CCNS(=O)(=O)c1ccc(F)c(F)c1)C(=O)NC1CCCCC1. The number of rotatable bonds is 8. The van der Waals surface area contributed by atoms with Crippen LogP contribution in [0.1, 0.15) is 45.4 Å². The number of benzene rings is 1. The largest absolute Gasteiger partial charge is 0.453 e. The van der Waals surface area contributed by atoms with Gasteiger partial charge in [-0.2, -0.15) is 0 Å². The van der Waals surface area contributed by atoms with Gasteiger partial charge in [-0.15, -0.1) is 0 Å². The Morgan fingerprint density at radius 1 is 1.18 bits per heavy atom. The molecule has 0 aromatic heterocycles. The molecular weight excluding hydrogens is 394 g/mol. The van der Waals surface area contributed by atoms with Crippen LogP contribution in [-0.2, 0) is 24.3 Å². The number of hydrogen-bond acceptors (Lipinski definition) is 5. The van der Waals surface area contributed by atoms with Gasteiger partial charge in [-0.25, -0.2) is 21.9 Å². The molecule has 2 rings (SSSR count). The van der Waals surface area contributed by atoms with Crippen LogP contribution < -0.4 is 10.0 Å². The van der Waals surface area contributed by atoms with Gasteiger partial charge in [0, 0.05) is 12.6 Å². The Morgan fingerprint density at radius 2 is 1.86 bits per heavy atom. The summed E-state index contributed by atoms with van der Waals surface area (Å²) in [4.78, 5) is 23.4. The van der Waals surface area contributed by atoms with Gasteiger partial charge < -0.3 is 10.1 Å². The summed E-state index contributed by atoms with van der Waals surface area (Å²) in [5.74, 6) is -3.59. The lowest BCUT2D eigenvalue weighted by atomic mass is 9.95. The summed E-state index contributed by atoms with van der Waals surface area (Å²) in [6, 6.07) is 2.25. The molecule has 28 heavy (non-hydrogen) atoms. The van der Waals surface area contributed by atoms with Crippen molar-refractivity contribution in [1.82, 2.24) is 10.0 Å². The van der Waals surface area contributed by atoms with Crippen molar-refractivity contribution in [2.75, 3.05) is 6.54 Å². The summed E-state index contributed by atoms with van der Waals surface area (Å²) in [6.07, 6.45) is 3.75. The number of esters is 1. The highest BCUT2D eigenvalue weighted by Crippen LogP contribution is 2.17. The summed E-state index contributed by atoms with van der Waals surface area (Å²) in [5.41, 5.74) is 0. The zero-order valence-electron chi connectivity index (χ0n) is 15.5. The lowest BCUT2D eigenvalue weighted by molar-refractivity contribution is -0.155. The van der Waals surface area contributed by atoms with Crippen LogP contribution in [0.25, 0.3) is 0 Å². The molecule has 1 aliphatic carbocycles. The van der Waals surface area contributed by atoms with Gasteiger partial charge in [0.25, 0.3) is 5.91 Å². The molecule has 1 aliphatic rings. The molecule has 0 spiro atoms. The van der Waals surface area contributed by atoms with E-state index in [-0.39, 0.29) is 24.9 Å². The fourth-order valence-corrected chi connectivity index (χ4v) is 3.93. The van der Waals surface area contributed by atoms with Gasteiger partial charge in [-0.1, -0.05) is 19.3 Å². The molecule has 0 heterocycles. The second kappa shape index (κ2) is 9.92. The number of carbonyl (C=O) groups excluding carboxylic acids is 2. The fraction of sp³-hybridized carbons (Fsp3) is 0.556. The van der Waals surface area contributed by atoms with E-state index in [0.717, 1.165) is 38.2 Å². The number of ether oxygens (including phenoxy) is 1. The molecular formula is C18H24F2N2O5S. The standard InChI is InChI=1S/C18H24F2N2O5S/c1-12(18(24)22-13-5-3-2-4-6-13)27-17(23)9-10-21-28(25,26)14-7-8-15(19)16(20)11-14/h7-8,11-13,21H,2-6,9-10H2,1H3,(H,22,24)/t12-/m0/s1. The molecule has 0 bridgehead atoms. The van der Waals surface area contributed by atoms with E-state index in [4.69, 9.17) is 4.74 Å². The van der Waals surface area contributed by atoms with E-state index in [1.165, 1.54) is 6.92 Å². The topological polar surface area (TPSA) is 102 Å². The maximum atomic E-state index is 13.2. The van der Waals surface area contributed by atoms with Gasteiger partial charge in [0.2, 0.25) is 10.0 Å². The second-order valence-electron chi connectivity index (χ2n) is 6.70. The van der Waals surface area contributed by atoms with E-state index in [0.29, 0.717) is 12.1 Å². The summed E-state index contributed by atoms with van der Waals surface area (Å²) in [7, 11) is -4.10. The van der Waals surface area contributed by atoms with Crippen LogP contribution in [0.5, 0.6) is 0 Å². The fourth-order valence-electron chi connectivity index (χ4n) is 2.89. The first kappa shape index (κ1) is 22.2. The molecule has 0 aliphatic heterocycles. The lowest BCUT2D eigenvalue weighted by Crippen LogP contribution is -2.43. The number of nitrogens with one attached hydrogen (secondary N) is 2. The predicted octanol–water partition coefficient (Wildman–Crippen LogP) is 2.01. The van der Waals surface area contributed by atoms with Gasteiger partial charge >= 0.3 is 5.97 Å². The minimum absolute atomic E-state index is 0.0883. The van der Waals surface area contributed by atoms with Crippen molar-refractivity contribution in [2.24, 2.45) is 0 Å². The Morgan fingerprint density at radius 3 is 2.50 bits per heavy atom. The first-order chi connectivity index (χ1) is 13.2. The molecule has 0 radical (unpaired) electrons. The van der Waals surface area contributed by atoms with Gasteiger partial charge in [0.1, 0.15) is 0 Å². The first-order valence-corrected chi connectivity index (χ1v) is 10.6. The Bertz CT molecular complexity index is 810. The van der Waals surface area contributed by atoms with Crippen LogP contribution >= 0.6 is 0 Å². The van der Waals surface area contributed by atoms with Crippen LogP contribution in [-0.4, -0.2) is 39.0 Å². The van der Waals surface area contributed by atoms with Crippen molar-refractivity contribution in [1.29, 1.82) is 0 Å². The minimum Gasteiger partial charge on any atom is -0.453 e. The zero-order valence-corrected chi connectivity index (χ0v) is 16.4. The van der Waals surface area contributed by atoms with E-state index in [1.54, 1.807) is 0 Å². The van der Waals surface area contributed by atoms with E-state index >= 15 is 0 Å². The average Bonchev–Trinajstić information content (AvgIpc) is 2.64. The van der Waals surface area contributed by atoms with Crippen LogP contribution in [0.15, 0.2) is 23.1 Å². The first-order valence-electron chi connectivity index (χ1n) is 9.13. The number of sulfonamides is 1. The summed E-state index contributed by atoms with van der Waals surface area (Å²) < 4.78 is 57.2. The van der Waals surface area contributed by atoms with Gasteiger partial charge in [0.15, 0.2) is 17.7 Å². The molecule has 1 aromatic rings. The van der Waals surface area contributed by atoms with Crippen molar-refractivity contribution in [3.8, 4) is 0 Å². The third-order valence-corrected chi connectivity index (χ3v) is 5.91. The van der Waals surface area contributed by atoms with Crippen LogP contribution in [0.4, 0.5) is 8.78 Å². The highest BCUT2D eigenvalue weighted by molar-refractivity contribution is 7.89. The second-order valence-corrected chi connectivity index (χ2v) is 8.47.